The van der Waals surface area contributed by atoms with Gasteiger partial charge in [0.1, 0.15) is 6.33 Å². The van der Waals surface area contributed by atoms with E-state index in [1.807, 2.05) is 13.3 Å². The van der Waals surface area contributed by atoms with E-state index >= 15 is 0 Å². The standard InChI is InChI=1S/C20H18N2OS/c1-2-23-13-15-8-9-19-18(11-15)21-14-22(19)17-6-3-5-16(12-17)20-7-4-10-24-20/h3-12,14H,2,13H2,1H3. The van der Waals surface area contributed by atoms with Gasteiger partial charge in [0.15, 0.2) is 0 Å². The number of thiophene rings is 1. The van der Waals surface area contributed by atoms with Crippen LogP contribution in [0.15, 0.2) is 66.3 Å². The largest absolute Gasteiger partial charge is 0.377 e. The fraction of sp³-hybridized carbons (Fsp3) is 0.150. The maximum Gasteiger partial charge on any atom is 0.100 e. The van der Waals surface area contributed by atoms with E-state index in [1.54, 1.807) is 11.3 Å². The van der Waals surface area contributed by atoms with Gasteiger partial charge in [-0.3, -0.25) is 4.57 Å². The monoisotopic (exact) mass is 334 g/mol. The summed E-state index contributed by atoms with van der Waals surface area (Å²) in [6.07, 6.45) is 1.89. The van der Waals surface area contributed by atoms with Crippen LogP contribution >= 0.6 is 11.3 Å². The summed E-state index contributed by atoms with van der Waals surface area (Å²) in [5.41, 5.74) is 5.62. The molecule has 0 fully saturated rings. The number of rotatable bonds is 5. The third-order valence-corrected chi connectivity index (χ3v) is 4.93. The lowest BCUT2D eigenvalue weighted by Crippen LogP contribution is -1.94. The molecule has 120 valence electrons. The van der Waals surface area contributed by atoms with Crippen molar-refractivity contribution in [1.29, 1.82) is 0 Å². The SMILES string of the molecule is CCOCc1ccc2c(c1)ncn2-c1cccc(-c2cccs2)c1. The third kappa shape index (κ3) is 2.86. The van der Waals surface area contributed by atoms with Crippen LogP contribution in [0.1, 0.15) is 12.5 Å². The van der Waals surface area contributed by atoms with Crippen molar-refractivity contribution >= 4 is 22.4 Å². The van der Waals surface area contributed by atoms with Gasteiger partial charge in [0.05, 0.1) is 17.6 Å². The van der Waals surface area contributed by atoms with Gasteiger partial charge in [-0.25, -0.2) is 4.98 Å². The van der Waals surface area contributed by atoms with E-state index in [0.29, 0.717) is 6.61 Å². The molecule has 4 heteroatoms. The zero-order valence-electron chi connectivity index (χ0n) is 13.5. The Morgan fingerprint density at radius 1 is 1.08 bits per heavy atom. The lowest BCUT2D eigenvalue weighted by Gasteiger charge is -2.07. The summed E-state index contributed by atoms with van der Waals surface area (Å²) in [5, 5.41) is 2.11. The van der Waals surface area contributed by atoms with Crippen molar-refractivity contribution < 1.29 is 4.74 Å². The third-order valence-electron chi connectivity index (χ3n) is 4.01. The molecule has 0 aliphatic rings. The quantitative estimate of drug-likeness (QED) is 0.496. The first-order valence-electron chi connectivity index (χ1n) is 8.03. The zero-order valence-corrected chi connectivity index (χ0v) is 14.3. The van der Waals surface area contributed by atoms with Gasteiger partial charge in [0.25, 0.3) is 0 Å². The fourth-order valence-electron chi connectivity index (χ4n) is 2.83. The Hall–Kier alpha value is -2.43. The molecule has 2 aromatic heterocycles. The van der Waals surface area contributed by atoms with Crippen LogP contribution in [0.2, 0.25) is 0 Å². The second kappa shape index (κ2) is 6.59. The van der Waals surface area contributed by atoms with Gasteiger partial charge in [-0.15, -0.1) is 11.3 Å². The molecule has 24 heavy (non-hydrogen) atoms. The summed E-state index contributed by atoms with van der Waals surface area (Å²) >= 11 is 1.76. The first-order valence-corrected chi connectivity index (χ1v) is 8.91. The second-order valence-corrected chi connectivity index (χ2v) is 6.55. The fourth-order valence-corrected chi connectivity index (χ4v) is 3.55. The van der Waals surface area contributed by atoms with Crippen LogP contribution in [0.4, 0.5) is 0 Å². The minimum absolute atomic E-state index is 0.632. The molecule has 0 amide bonds. The average Bonchev–Trinajstić information content (AvgIpc) is 3.29. The van der Waals surface area contributed by atoms with Gasteiger partial charge >= 0.3 is 0 Å². The first-order chi connectivity index (χ1) is 11.8. The molecule has 2 aromatic carbocycles. The molecule has 0 aliphatic heterocycles. The summed E-state index contributed by atoms with van der Waals surface area (Å²) in [4.78, 5) is 5.84. The maximum atomic E-state index is 5.48. The van der Waals surface area contributed by atoms with Crippen LogP contribution in [-0.4, -0.2) is 16.2 Å². The van der Waals surface area contributed by atoms with Crippen molar-refractivity contribution in [1.82, 2.24) is 9.55 Å². The molecule has 0 bridgehead atoms. The van der Waals surface area contributed by atoms with E-state index in [-0.39, 0.29) is 0 Å². The van der Waals surface area contributed by atoms with Gasteiger partial charge in [0, 0.05) is 17.2 Å². The highest BCUT2D eigenvalue weighted by atomic mass is 32.1. The van der Waals surface area contributed by atoms with Gasteiger partial charge < -0.3 is 4.74 Å². The van der Waals surface area contributed by atoms with E-state index in [4.69, 9.17) is 4.74 Å². The molecule has 0 saturated carbocycles. The predicted octanol–water partition coefficient (Wildman–Crippen LogP) is 5.29. The molecular formula is C20H18N2OS. The Kier molecular flexibility index (Phi) is 4.15. The van der Waals surface area contributed by atoms with E-state index in [2.05, 4.69) is 69.5 Å². The Bertz CT molecular complexity index is 957. The summed E-state index contributed by atoms with van der Waals surface area (Å²) in [5.74, 6) is 0. The van der Waals surface area contributed by atoms with Crippen LogP contribution in [0.3, 0.4) is 0 Å². The number of benzene rings is 2. The van der Waals surface area contributed by atoms with Crippen molar-refractivity contribution in [3.8, 4) is 16.1 Å². The van der Waals surface area contributed by atoms with Crippen LogP contribution < -0.4 is 0 Å². The molecule has 2 heterocycles. The van der Waals surface area contributed by atoms with Crippen LogP contribution in [-0.2, 0) is 11.3 Å². The highest BCUT2D eigenvalue weighted by Gasteiger charge is 2.07. The summed E-state index contributed by atoms with van der Waals surface area (Å²) in [7, 11) is 0. The van der Waals surface area contributed by atoms with Crippen molar-refractivity contribution in [2.45, 2.75) is 13.5 Å². The molecule has 4 aromatic rings. The Morgan fingerprint density at radius 2 is 2.04 bits per heavy atom. The number of nitrogens with zero attached hydrogens (tertiary/aromatic N) is 2. The minimum Gasteiger partial charge on any atom is -0.377 e. The molecule has 0 N–H and O–H groups in total. The molecule has 3 nitrogen and oxygen atoms in total. The van der Waals surface area contributed by atoms with Crippen LogP contribution in [0, 0.1) is 0 Å². The highest BCUT2D eigenvalue weighted by molar-refractivity contribution is 7.13. The van der Waals surface area contributed by atoms with Gasteiger partial charge in [-0.2, -0.15) is 0 Å². The second-order valence-electron chi connectivity index (χ2n) is 5.60. The zero-order chi connectivity index (χ0) is 16.4. The first kappa shape index (κ1) is 15.1. The molecular weight excluding hydrogens is 316 g/mol. The lowest BCUT2D eigenvalue weighted by molar-refractivity contribution is 0.134. The normalized spacial score (nSPS) is 11.2. The maximum absolute atomic E-state index is 5.48. The van der Waals surface area contributed by atoms with Gasteiger partial charge in [0.2, 0.25) is 0 Å². The predicted molar refractivity (Wildman–Crippen MR) is 99.7 cm³/mol. The Balaban J connectivity index is 1.73. The van der Waals surface area contributed by atoms with Crippen molar-refractivity contribution in [2.24, 2.45) is 0 Å². The molecule has 0 atom stereocenters. The number of aromatic nitrogens is 2. The van der Waals surface area contributed by atoms with E-state index in [0.717, 1.165) is 28.9 Å². The molecule has 4 rings (SSSR count). The molecule has 0 saturated heterocycles. The van der Waals surface area contributed by atoms with E-state index < -0.39 is 0 Å². The van der Waals surface area contributed by atoms with Crippen molar-refractivity contribution in [3.05, 3.63) is 71.9 Å². The number of ether oxygens (including phenoxy) is 1. The topological polar surface area (TPSA) is 27.1 Å². The summed E-state index contributed by atoms with van der Waals surface area (Å²) in [6, 6.07) is 19.1. The molecule has 0 aliphatic carbocycles. The van der Waals surface area contributed by atoms with E-state index in [1.165, 1.54) is 10.4 Å². The summed E-state index contributed by atoms with van der Waals surface area (Å²) < 4.78 is 7.62. The number of hydrogen-bond acceptors (Lipinski definition) is 3. The van der Waals surface area contributed by atoms with E-state index in [9.17, 15) is 0 Å². The van der Waals surface area contributed by atoms with Gasteiger partial charge in [-0.1, -0.05) is 24.3 Å². The number of imidazole rings is 1. The molecule has 0 spiro atoms. The Morgan fingerprint density at radius 3 is 2.88 bits per heavy atom. The van der Waals surface area contributed by atoms with Crippen LogP contribution in [0.25, 0.3) is 27.2 Å². The van der Waals surface area contributed by atoms with Crippen molar-refractivity contribution in [3.63, 3.8) is 0 Å². The van der Waals surface area contributed by atoms with Crippen molar-refractivity contribution in [2.75, 3.05) is 6.61 Å². The average molecular weight is 334 g/mol. The Labute approximate surface area is 145 Å². The minimum atomic E-state index is 0.632. The molecule has 0 radical (unpaired) electrons. The molecule has 0 unspecified atom stereocenters. The number of fused-ring (bicyclic) bond motifs is 1. The number of hydrogen-bond donors (Lipinski definition) is 0. The highest BCUT2D eigenvalue weighted by Crippen LogP contribution is 2.27. The smallest absolute Gasteiger partial charge is 0.100 e. The lowest BCUT2D eigenvalue weighted by atomic mass is 10.1. The summed E-state index contributed by atoms with van der Waals surface area (Å²) in [6.45, 7) is 3.36. The van der Waals surface area contributed by atoms with Gasteiger partial charge in [-0.05, 0) is 53.8 Å². The van der Waals surface area contributed by atoms with Crippen LogP contribution in [0.5, 0.6) is 0 Å².